The minimum atomic E-state index is -0.323. The third-order valence-electron chi connectivity index (χ3n) is 5.00. The average Bonchev–Trinajstić information content (AvgIpc) is 3.26. The molecule has 1 fully saturated rings. The molecule has 2 N–H and O–H groups in total. The number of aromatic amines is 1. The Morgan fingerprint density at radius 1 is 1.19 bits per heavy atom. The van der Waals surface area contributed by atoms with Gasteiger partial charge in [0.2, 0.25) is 11.8 Å². The zero-order valence-corrected chi connectivity index (χ0v) is 15.5. The summed E-state index contributed by atoms with van der Waals surface area (Å²) >= 11 is 5.90. The van der Waals surface area contributed by atoms with Gasteiger partial charge in [0.1, 0.15) is 0 Å². The molecule has 6 heteroatoms. The maximum atomic E-state index is 12.5. The molecule has 1 unspecified atom stereocenters. The minimum absolute atomic E-state index is 0.0332. The number of carbonyl (C=O) groups excluding carboxylic acids is 2. The molecule has 0 aliphatic carbocycles. The summed E-state index contributed by atoms with van der Waals surface area (Å²) in [7, 11) is 0. The van der Waals surface area contributed by atoms with Gasteiger partial charge < -0.3 is 15.2 Å². The van der Waals surface area contributed by atoms with Gasteiger partial charge in [0.25, 0.3) is 0 Å². The summed E-state index contributed by atoms with van der Waals surface area (Å²) < 4.78 is 0. The normalized spacial score (nSPS) is 16.9. The standard InChI is InChI=1S/C21H20ClN3O2/c22-16-5-7-17(8-6-16)25-13-15(11-20(25)26)21(27)23-10-9-14-12-24-19-4-2-1-3-18(14)19/h1-8,12,15,24H,9-11,13H2,(H,23,27). The molecule has 1 atom stereocenters. The van der Waals surface area contributed by atoms with E-state index in [0.29, 0.717) is 18.1 Å². The van der Waals surface area contributed by atoms with Crippen LogP contribution < -0.4 is 10.2 Å². The summed E-state index contributed by atoms with van der Waals surface area (Å²) in [5.41, 5.74) is 3.05. The molecular weight excluding hydrogens is 362 g/mol. The number of anilines is 1. The van der Waals surface area contributed by atoms with Crippen molar-refractivity contribution in [3.05, 3.63) is 65.3 Å². The van der Waals surface area contributed by atoms with Crippen molar-refractivity contribution in [3.8, 4) is 0 Å². The lowest BCUT2D eigenvalue weighted by atomic mass is 10.1. The maximum Gasteiger partial charge on any atom is 0.227 e. The molecule has 4 rings (SSSR count). The summed E-state index contributed by atoms with van der Waals surface area (Å²) in [6.45, 7) is 0.950. The smallest absolute Gasteiger partial charge is 0.227 e. The van der Waals surface area contributed by atoms with E-state index in [1.807, 2.05) is 24.4 Å². The first-order chi connectivity index (χ1) is 13.1. The van der Waals surface area contributed by atoms with Gasteiger partial charge in [-0.3, -0.25) is 9.59 Å². The Bertz CT molecular complexity index is 981. The van der Waals surface area contributed by atoms with E-state index in [1.54, 1.807) is 29.2 Å². The van der Waals surface area contributed by atoms with Crippen molar-refractivity contribution in [2.45, 2.75) is 12.8 Å². The number of halogens is 1. The van der Waals surface area contributed by atoms with Crippen LogP contribution in [0, 0.1) is 5.92 Å². The number of nitrogens with one attached hydrogen (secondary N) is 2. The Balaban J connectivity index is 1.33. The van der Waals surface area contributed by atoms with Gasteiger partial charge in [-0.15, -0.1) is 0 Å². The number of para-hydroxylation sites is 1. The molecule has 3 aromatic rings. The molecule has 1 aromatic heterocycles. The highest BCUT2D eigenvalue weighted by molar-refractivity contribution is 6.30. The fraction of sp³-hybridized carbons (Fsp3) is 0.238. The Hall–Kier alpha value is -2.79. The number of hydrogen-bond donors (Lipinski definition) is 2. The number of nitrogens with zero attached hydrogens (tertiary/aromatic N) is 1. The van der Waals surface area contributed by atoms with Gasteiger partial charge in [-0.2, -0.15) is 0 Å². The van der Waals surface area contributed by atoms with Gasteiger partial charge in [0.15, 0.2) is 0 Å². The Kier molecular flexibility index (Phi) is 4.86. The number of rotatable bonds is 5. The molecule has 2 aromatic carbocycles. The summed E-state index contributed by atoms with van der Waals surface area (Å²) in [5, 5.41) is 4.78. The molecule has 0 saturated carbocycles. The van der Waals surface area contributed by atoms with Crippen LogP contribution in [-0.2, 0) is 16.0 Å². The van der Waals surface area contributed by atoms with Crippen molar-refractivity contribution >= 4 is 40.0 Å². The van der Waals surface area contributed by atoms with Crippen molar-refractivity contribution in [3.63, 3.8) is 0 Å². The van der Waals surface area contributed by atoms with E-state index < -0.39 is 0 Å². The van der Waals surface area contributed by atoms with Crippen molar-refractivity contribution in [1.29, 1.82) is 0 Å². The Morgan fingerprint density at radius 3 is 2.78 bits per heavy atom. The lowest BCUT2D eigenvalue weighted by molar-refractivity contribution is -0.126. The highest BCUT2D eigenvalue weighted by Crippen LogP contribution is 2.26. The van der Waals surface area contributed by atoms with Crippen LogP contribution in [0.25, 0.3) is 10.9 Å². The number of amides is 2. The van der Waals surface area contributed by atoms with Crippen LogP contribution in [0.5, 0.6) is 0 Å². The second kappa shape index (κ2) is 7.45. The lowest BCUT2D eigenvalue weighted by Crippen LogP contribution is -2.34. The first-order valence-electron chi connectivity index (χ1n) is 9.00. The molecule has 2 amide bonds. The van der Waals surface area contributed by atoms with E-state index in [-0.39, 0.29) is 24.2 Å². The van der Waals surface area contributed by atoms with Crippen LogP contribution in [0.4, 0.5) is 5.69 Å². The van der Waals surface area contributed by atoms with Crippen LogP contribution in [-0.4, -0.2) is 29.9 Å². The first-order valence-corrected chi connectivity index (χ1v) is 9.38. The predicted octanol–water partition coefficient (Wildman–Crippen LogP) is 3.53. The van der Waals surface area contributed by atoms with Gasteiger partial charge in [0, 0.05) is 47.3 Å². The molecule has 1 saturated heterocycles. The van der Waals surface area contributed by atoms with Gasteiger partial charge >= 0.3 is 0 Å². The van der Waals surface area contributed by atoms with Crippen LogP contribution in [0.1, 0.15) is 12.0 Å². The molecule has 27 heavy (non-hydrogen) atoms. The van der Waals surface area contributed by atoms with Crippen molar-refractivity contribution in [1.82, 2.24) is 10.3 Å². The summed E-state index contributed by atoms with van der Waals surface area (Å²) in [4.78, 5) is 29.7. The molecule has 0 bridgehead atoms. The van der Waals surface area contributed by atoms with E-state index in [0.717, 1.165) is 17.6 Å². The van der Waals surface area contributed by atoms with Gasteiger partial charge in [-0.1, -0.05) is 29.8 Å². The number of hydrogen-bond acceptors (Lipinski definition) is 2. The minimum Gasteiger partial charge on any atom is -0.361 e. The monoisotopic (exact) mass is 381 g/mol. The molecule has 2 heterocycles. The van der Waals surface area contributed by atoms with E-state index in [4.69, 9.17) is 11.6 Å². The second-order valence-electron chi connectivity index (χ2n) is 6.78. The van der Waals surface area contributed by atoms with Crippen molar-refractivity contribution in [2.75, 3.05) is 18.0 Å². The van der Waals surface area contributed by atoms with Gasteiger partial charge in [-0.05, 0) is 42.3 Å². The zero-order valence-electron chi connectivity index (χ0n) is 14.7. The van der Waals surface area contributed by atoms with Crippen molar-refractivity contribution in [2.24, 2.45) is 5.92 Å². The zero-order chi connectivity index (χ0) is 18.8. The Labute approximate surface area is 162 Å². The fourth-order valence-corrected chi connectivity index (χ4v) is 3.68. The third-order valence-corrected chi connectivity index (χ3v) is 5.25. The van der Waals surface area contributed by atoms with Crippen LogP contribution >= 0.6 is 11.6 Å². The van der Waals surface area contributed by atoms with E-state index >= 15 is 0 Å². The highest BCUT2D eigenvalue weighted by Gasteiger charge is 2.34. The number of aromatic nitrogens is 1. The molecular formula is C21H20ClN3O2. The largest absolute Gasteiger partial charge is 0.361 e. The van der Waals surface area contributed by atoms with Crippen LogP contribution in [0.3, 0.4) is 0 Å². The van der Waals surface area contributed by atoms with E-state index in [9.17, 15) is 9.59 Å². The Morgan fingerprint density at radius 2 is 1.96 bits per heavy atom. The molecule has 0 radical (unpaired) electrons. The fourth-order valence-electron chi connectivity index (χ4n) is 3.56. The number of carbonyl (C=O) groups is 2. The lowest BCUT2D eigenvalue weighted by Gasteiger charge is -2.16. The third kappa shape index (κ3) is 3.69. The van der Waals surface area contributed by atoms with Gasteiger partial charge in [-0.25, -0.2) is 0 Å². The van der Waals surface area contributed by atoms with Crippen LogP contribution in [0.2, 0.25) is 5.02 Å². The quantitative estimate of drug-likeness (QED) is 0.710. The topological polar surface area (TPSA) is 65.2 Å². The summed E-state index contributed by atoms with van der Waals surface area (Å²) in [6, 6.07) is 15.2. The van der Waals surface area contributed by atoms with E-state index in [1.165, 1.54) is 10.9 Å². The second-order valence-corrected chi connectivity index (χ2v) is 7.22. The SMILES string of the molecule is O=C(NCCc1c[nH]c2ccccc12)C1CC(=O)N(c2ccc(Cl)cc2)C1. The molecule has 0 spiro atoms. The van der Waals surface area contributed by atoms with E-state index in [2.05, 4.69) is 16.4 Å². The molecule has 1 aliphatic heterocycles. The van der Waals surface area contributed by atoms with Crippen LogP contribution in [0.15, 0.2) is 54.7 Å². The predicted molar refractivity (Wildman–Crippen MR) is 107 cm³/mol. The number of benzene rings is 2. The number of H-pyrrole nitrogens is 1. The molecule has 1 aliphatic rings. The summed E-state index contributed by atoms with van der Waals surface area (Å²) in [5.74, 6) is -0.426. The highest BCUT2D eigenvalue weighted by atomic mass is 35.5. The van der Waals surface area contributed by atoms with Crippen molar-refractivity contribution < 1.29 is 9.59 Å². The van der Waals surface area contributed by atoms with Gasteiger partial charge in [0.05, 0.1) is 5.92 Å². The number of fused-ring (bicyclic) bond motifs is 1. The maximum absolute atomic E-state index is 12.5. The summed E-state index contributed by atoms with van der Waals surface area (Å²) in [6.07, 6.45) is 2.97. The average molecular weight is 382 g/mol. The molecule has 5 nitrogen and oxygen atoms in total. The first kappa shape index (κ1) is 17.6. The molecule has 138 valence electrons.